The fourth-order valence-corrected chi connectivity index (χ4v) is 6.27. The molecule has 238 valence electrons. The van der Waals surface area contributed by atoms with Crippen LogP contribution < -0.4 is 5.32 Å². The second kappa shape index (κ2) is 14.7. The van der Waals surface area contributed by atoms with Crippen LogP contribution >= 0.6 is 0 Å². The largest absolute Gasteiger partial charge is 0.445 e. The van der Waals surface area contributed by atoms with Gasteiger partial charge in [-0.3, -0.25) is 0 Å². The van der Waals surface area contributed by atoms with Crippen LogP contribution in [0.1, 0.15) is 53.9 Å². The average molecular weight is 615 g/mol. The molecule has 3 aromatic rings. The summed E-state index contributed by atoms with van der Waals surface area (Å²) in [6.45, 7) is 8.03. The maximum Gasteiger partial charge on any atom is 0.407 e. The lowest BCUT2D eigenvalue weighted by Gasteiger charge is -2.41. The van der Waals surface area contributed by atoms with Gasteiger partial charge in [-0.15, -0.1) is 0 Å². The van der Waals surface area contributed by atoms with Crippen LogP contribution in [0.3, 0.4) is 0 Å². The van der Waals surface area contributed by atoms with E-state index in [9.17, 15) is 9.90 Å². The van der Waals surface area contributed by atoms with Gasteiger partial charge in [0.25, 0.3) is 0 Å². The number of aliphatic hydroxyl groups excluding tert-OH is 1. The molecule has 2 N–H and O–H groups in total. The Hall–Kier alpha value is -3.57. The topological polar surface area (TPSA) is 98.7 Å². The standard InChI is InChI=1S/C36H42N2O7/c1-2-17-41-35(40)37-23-27-5-3-6-29(20-27)30-7-4-8-31(21-30)34-44-32(22-33(45-34)28-11-9-26(25-39)10-12-28)24-38-15-13-36(14-16-38)42-18-19-43-36/h2-12,20-21,32-34,39H,1,13-19,22-25H2,(H,37,40)/t32-,33+,34+/m0/s1. The van der Waals surface area contributed by atoms with Crippen LogP contribution in [0.2, 0.25) is 0 Å². The van der Waals surface area contributed by atoms with Crippen LogP contribution in [-0.2, 0) is 36.8 Å². The third kappa shape index (κ3) is 7.99. The van der Waals surface area contributed by atoms with Crippen molar-refractivity contribution in [3.05, 3.63) is 108 Å². The number of ether oxygens (including phenoxy) is 5. The number of carbonyl (C=O) groups excluding carboxylic acids is 1. The van der Waals surface area contributed by atoms with Gasteiger partial charge in [0, 0.05) is 51.0 Å². The molecule has 3 saturated heterocycles. The molecule has 3 atom stereocenters. The Morgan fingerprint density at radius 3 is 2.42 bits per heavy atom. The van der Waals surface area contributed by atoms with Crippen molar-refractivity contribution in [1.29, 1.82) is 0 Å². The number of nitrogens with one attached hydrogen (secondary N) is 1. The molecule has 45 heavy (non-hydrogen) atoms. The number of benzene rings is 3. The Labute approximate surface area is 264 Å². The molecule has 0 saturated carbocycles. The Balaban J connectivity index is 1.18. The molecule has 3 aromatic carbocycles. The van der Waals surface area contributed by atoms with Crippen LogP contribution in [0.15, 0.2) is 85.5 Å². The van der Waals surface area contributed by atoms with E-state index in [-0.39, 0.29) is 25.4 Å². The predicted octanol–water partition coefficient (Wildman–Crippen LogP) is 5.64. The van der Waals surface area contributed by atoms with Gasteiger partial charge in [-0.1, -0.05) is 73.3 Å². The van der Waals surface area contributed by atoms with E-state index >= 15 is 0 Å². The number of piperidine rings is 1. The molecule has 0 radical (unpaired) electrons. The maximum atomic E-state index is 11.9. The molecule has 3 fully saturated rings. The van der Waals surface area contributed by atoms with Gasteiger partial charge < -0.3 is 39.0 Å². The van der Waals surface area contributed by atoms with Gasteiger partial charge in [0.1, 0.15) is 6.61 Å². The molecule has 3 heterocycles. The zero-order valence-electron chi connectivity index (χ0n) is 25.6. The maximum absolute atomic E-state index is 11.9. The summed E-state index contributed by atoms with van der Waals surface area (Å²) in [5.74, 6) is -0.408. The molecule has 1 amide bonds. The zero-order valence-corrected chi connectivity index (χ0v) is 25.6. The highest BCUT2D eigenvalue weighted by Gasteiger charge is 2.41. The lowest BCUT2D eigenvalue weighted by atomic mass is 9.97. The van der Waals surface area contributed by atoms with E-state index in [1.807, 2.05) is 48.5 Å². The second-order valence-electron chi connectivity index (χ2n) is 11.8. The lowest BCUT2D eigenvalue weighted by molar-refractivity contribution is -0.255. The molecule has 3 aliphatic heterocycles. The molecule has 9 nitrogen and oxygen atoms in total. The van der Waals surface area contributed by atoms with Gasteiger partial charge in [-0.2, -0.15) is 0 Å². The highest BCUT2D eigenvalue weighted by molar-refractivity contribution is 5.68. The number of carbonyl (C=O) groups is 1. The van der Waals surface area contributed by atoms with Gasteiger partial charge >= 0.3 is 6.09 Å². The highest BCUT2D eigenvalue weighted by atomic mass is 16.7. The summed E-state index contributed by atoms with van der Waals surface area (Å²) in [6, 6.07) is 24.3. The average Bonchev–Trinajstić information content (AvgIpc) is 3.55. The molecule has 0 aliphatic carbocycles. The molecule has 9 heteroatoms. The summed E-state index contributed by atoms with van der Waals surface area (Å²) in [7, 11) is 0. The first kappa shape index (κ1) is 31.4. The molecule has 3 aliphatic rings. The van der Waals surface area contributed by atoms with Crippen molar-refractivity contribution in [1.82, 2.24) is 10.2 Å². The van der Waals surface area contributed by atoms with Crippen molar-refractivity contribution in [2.45, 2.75) is 56.7 Å². The SMILES string of the molecule is C=CCOC(=O)NCc1cccc(-c2cccc([C@@H]3O[C@H](CN4CCC5(CC4)OCCO5)C[C@H](c4ccc(CO)cc4)O3)c2)c1. The van der Waals surface area contributed by atoms with Crippen molar-refractivity contribution < 1.29 is 33.6 Å². The fourth-order valence-electron chi connectivity index (χ4n) is 6.27. The normalized spacial score (nSPS) is 23.1. The van der Waals surface area contributed by atoms with E-state index in [1.54, 1.807) is 0 Å². The minimum atomic E-state index is -0.548. The molecule has 6 rings (SSSR count). The summed E-state index contributed by atoms with van der Waals surface area (Å²) < 4.78 is 30.2. The fraction of sp³-hybridized carbons (Fsp3) is 0.417. The molecule has 0 bridgehead atoms. The Kier molecular flexibility index (Phi) is 10.2. The molecule has 0 aromatic heterocycles. The Bertz CT molecular complexity index is 1430. The van der Waals surface area contributed by atoms with E-state index < -0.39 is 18.2 Å². The van der Waals surface area contributed by atoms with E-state index in [4.69, 9.17) is 23.7 Å². The summed E-state index contributed by atoms with van der Waals surface area (Å²) in [6.07, 6.45) is 2.77. The number of hydrogen-bond donors (Lipinski definition) is 2. The molecule has 0 unspecified atom stereocenters. The number of hydrogen-bond acceptors (Lipinski definition) is 8. The summed E-state index contributed by atoms with van der Waals surface area (Å²) in [5, 5.41) is 12.3. The summed E-state index contributed by atoms with van der Waals surface area (Å²) >= 11 is 0. The number of nitrogens with zero attached hydrogens (tertiary/aromatic N) is 1. The smallest absolute Gasteiger partial charge is 0.407 e. The number of amides is 1. The van der Waals surface area contributed by atoms with Crippen molar-refractivity contribution in [2.75, 3.05) is 39.5 Å². The van der Waals surface area contributed by atoms with Gasteiger partial charge in [0.15, 0.2) is 12.1 Å². The lowest BCUT2D eigenvalue weighted by Crippen LogP contribution is -2.48. The number of aliphatic hydroxyl groups is 1. The van der Waals surface area contributed by atoms with Gasteiger partial charge in [0.05, 0.1) is 32.0 Å². The van der Waals surface area contributed by atoms with Crippen LogP contribution in [0, 0.1) is 0 Å². The Morgan fingerprint density at radius 2 is 1.69 bits per heavy atom. The molecular formula is C36H42N2O7. The number of likely N-dealkylation sites (tertiary alicyclic amines) is 1. The highest BCUT2D eigenvalue weighted by Crippen LogP contribution is 2.40. The van der Waals surface area contributed by atoms with Crippen molar-refractivity contribution in [2.24, 2.45) is 0 Å². The van der Waals surface area contributed by atoms with E-state index in [2.05, 4.69) is 41.1 Å². The predicted molar refractivity (Wildman–Crippen MR) is 169 cm³/mol. The first-order valence-electron chi connectivity index (χ1n) is 15.7. The third-order valence-corrected chi connectivity index (χ3v) is 8.70. The van der Waals surface area contributed by atoms with Crippen LogP contribution in [0.25, 0.3) is 11.1 Å². The second-order valence-corrected chi connectivity index (χ2v) is 11.8. The quantitative estimate of drug-likeness (QED) is 0.283. The molecular weight excluding hydrogens is 572 g/mol. The van der Waals surface area contributed by atoms with Gasteiger partial charge in [-0.05, 0) is 39.9 Å². The van der Waals surface area contributed by atoms with Gasteiger partial charge in [-0.25, -0.2) is 4.79 Å². The zero-order chi connectivity index (χ0) is 31.1. The van der Waals surface area contributed by atoms with E-state index in [0.717, 1.165) is 72.3 Å². The van der Waals surface area contributed by atoms with Crippen molar-refractivity contribution in [3.8, 4) is 11.1 Å². The van der Waals surface area contributed by atoms with Crippen LogP contribution in [0.5, 0.6) is 0 Å². The minimum Gasteiger partial charge on any atom is -0.445 e. The first-order valence-corrected chi connectivity index (χ1v) is 15.7. The van der Waals surface area contributed by atoms with Crippen LogP contribution in [-0.4, -0.2) is 67.4 Å². The van der Waals surface area contributed by atoms with Gasteiger partial charge in [0.2, 0.25) is 0 Å². The van der Waals surface area contributed by atoms with Crippen LogP contribution in [0.4, 0.5) is 4.79 Å². The first-order chi connectivity index (χ1) is 22.0. The van der Waals surface area contributed by atoms with Crippen molar-refractivity contribution in [3.63, 3.8) is 0 Å². The van der Waals surface area contributed by atoms with E-state index in [0.29, 0.717) is 19.8 Å². The number of alkyl carbamates (subject to hydrolysis) is 1. The summed E-state index contributed by atoms with van der Waals surface area (Å²) in [4.78, 5) is 14.3. The number of rotatable bonds is 10. The van der Waals surface area contributed by atoms with Crippen molar-refractivity contribution >= 4 is 6.09 Å². The molecule has 1 spiro atoms. The third-order valence-electron chi connectivity index (χ3n) is 8.70. The summed E-state index contributed by atoms with van der Waals surface area (Å²) in [5.41, 5.74) is 5.89. The minimum absolute atomic E-state index is 0.00744. The van der Waals surface area contributed by atoms with E-state index in [1.165, 1.54) is 6.08 Å². The Morgan fingerprint density at radius 1 is 0.956 bits per heavy atom. The monoisotopic (exact) mass is 614 g/mol.